The molecule has 5 nitrogen and oxygen atoms in total. The third-order valence-corrected chi connectivity index (χ3v) is 3.65. The maximum atomic E-state index is 12.1. The SMILES string of the molecule is Cc1cc(C(=O)O[C@@H](C)C(=O)Nc2ccc(Cl)cc2Cl)c(C)o1. The molecule has 1 aromatic carbocycles. The third-order valence-electron chi connectivity index (χ3n) is 3.10. The van der Waals surface area contributed by atoms with Crippen LogP contribution in [0.5, 0.6) is 0 Å². The average molecular weight is 356 g/mol. The van der Waals surface area contributed by atoms with E-state index in [1.165, 1.54) is 13.0 Å². The van der Waals surface area contributed by atoms with E-state index in [0.29, 0.717) is 32.8 Å². The Balaban J connectivity index is 2.02. The van der Waals surface area contributed by atoms with Gasteiger partial charge in [0.05, 0.1) is 10.7 Å². The number of nitrogens with one attached hydrogen (secondary N) is 1. The van der Waals surface area contributed by atoms with Crippen molar-refractivity contribution in [3.05, 3.63) is 51.4 Å². The summed E-state index contributed by atoms with van der Waals surface area (Å²) in [5.41, 5.74) is 0.686. The molecule has 0 radical (unpaired) electrons. The van der Waals surface area contributed by atoms with E-state index in [9.17, 15) is 9.59 Å². The molecule has 0 bridgehead atoms. The van der Waals surface area contributed by atoms with E-state index < -0.39 is 18.0 Å². The summed E-state index contributed by atoms with van der Waals surface area (Å²) >= 11 is 11.8. The molecule has 0 unspecified atom stereocenters. The molecule has 0 aliphatic rings. The molecule has 0 saturated heterocycles. The lowest BCUT2D eigenvalue weighted by atomic mass is 10.2. The van der Waals surface area contributed by atoms with Crippen molar-refractivity contribution >= 4 is 40.8 Å². The zero-order chi connectivity index (χ0) is 17.1. The van der Waals surface area contributed by atoms with Crippen LogP contribution < -0.4 is 5.32 Å². The van der Waals surface area contributed by atoms with Crippen molar-refractivity contribution < 1.29 is 18.7 Å². The second-order valence-corrected chi connectivity index (χ2v) is 5.83. The third kappa shape index (κ3) is 4.27. The van der Waals surface area contributed by atoms with Gasteiger partial charge in [0.1, 0.15) is 17.1 Å². The Bertz CT molecular complexity index is 755. The van der Waals surface area contributed by atoms with Gasteiger partial charge in [-0.15, -0.1) is 0 Å². The summed E-state index contributed by atoms with van der Waals surface area (Å²) in [6.45, 7) is 4.85. The van der Waals surface area contributed by atoms with Crippen molar-refractivity contribution in [3.8, 4) is 0 Å². The summed E-state index contributed by atoms with van der Waals surface area (Å²) in [5.74, 6) is -0.0787. The number of hydrogen-bond donors (Lipinski definition) is 1. The number of aryl methyl sites for hydroxylation is 2. The quantitative estimate of drug-likeness (QED) is 0.825. The maximum absolute atomic E-state index is 12.1. The molecule has 0 spiro atoms. The molecular weight excluding hydrogens is 341 g/mol. The van der Waals surface area contributed by atoms with Crippen LogP contribution in [0.2, 0.25) is 10.0 Å². The number of amides is 1. The van der Waals surface area contributed by atoms with Gasteiger partial charge in [-0.2, -0.15) is 0 Å². The van der Waals surface area contributed by atoms with Gasteiger partial charge in [-0.3, -0.25) is 4.79 Å². The monoisotopic (exact) mass is 355 g/mol. The van der Waals surface area contributed by atoms with Crippen molar-refractivity contribution in [2.45, 2.75) is 26.9 Å². The number of ether oxygens (including phenoxy) is 1. The molecule has 7 heteroatoms. The second-order valence-electron chi connectivity index (χ2n) is 4.99. The number of anilines is 1. The minimum absolute atomic E-state index is 0.297. The number of furan rings is 1. The number of esters is 1. The van der Waals surface area contributed by atoms with Crippen molar-refractivity contribution in [3.63, 3.8) is 0 Å². The first-order chi connectivity index (χ1) is 10.8. The Hall–Kier alpha value is -1.98. The summed E-state index contributed by atoms with van der Waals surface area (Å²) in [6, 6.07) is 6.24. The normalized spacial score (nSPS) is 11.9. The molecule has 23 heavy (non-hydrogen) atoms. The molecule has 122 valence electrons. The molecule has 0 saturated carbocycles. The summed E-state index contributed by atoms with van der Waals surface area (Å²) in [7, 11) is 0. The van der Waals surface area contributed by atoms with Crippen LogP contribution in [0.1, 0.15) is 28.8 Å². The molecule has 1 heterocycles. The Morgan fingerprint density at radius 2 is 1.91 bits per heavy atom. The predicted octanol–water partition coefficient (Wildman–Crippen LogP) is 4.39. The molecule has 2 aromatic rings. The lowest BCUT2D eigenvalue weighted by molar-refractivity contribution is -0.123. The minimum atomic E-state index is -0.996. The van der Waals surface area contributed by atoms with E-state index >= 15 is 0 Å². The second kappa shape index (κ2) is 7.06. The van der Waals surface area contributed by atoms with Gasteiger partial charge < -0.3 is 14.5 Å². The van der Waals surface area contributed by atoms with E-state index in [-0.39, 0.29) is 0 Å². The van der Waals surface area contributed by atoms with Gasteiger partial charge in [0.15, 0.2) is 6.10 Å². The zero-order valence-electron chi connectivity index (χ0n) is 12.8. The molecule has 0 aliphatic carbocycles. The number of carbonyl (C=O) groups excluding carboxylic acids is 2. The molecular formula is C16H15Cl2NO4. The van der Waals surface area contributed by atoms with Crippen LogP contribution in [0.3, 0.4) is 0 Å². The summed E-state index contributed by atoms with van der Waals surface area (Å²) in [4.78, 5) is 24.2. The largest absolute Gasteiger partial charge is 0.466 e. The van der Waals surface area contributed by atoms with Crippen molar-refractivity contribution in [2.24, 2.45) is 0 Å². The van der Waals surface area contributed by atoms with Crippen LogP contribution in [0.15, 0.2) is 28.7 Å². The van der Waals surface area contributed by atoms with Gasteiger partial charge in [-0.25, -0.2) is 4.79 Å². The summed E-state index contributed by atoms with van der Waals surface area (Å²) in [5, 5.41) is 3.34. The van der Waals surface area contributed by atoms with Gasteiger partial charge in [0.2, 0.25) is 0 Å². The number of carbonyl (C=O) groups is 2. The standard InChI is InChI=1S/C16H15Cl2NO4/c1-8-6-12(9(2)22-8)16(21)23-10(3)15(20)19-14-5-4-11(17)7-13(14)18/h4-7,10H,1-3H3,(H,19,20)/t10-/m0/s1. The number of benzene rings is 1. The topological polar surface area (TPSA) is 68.5 Å². The fraction of sp³-hybridized carbons (Fsp3) is 0.250. The fourth-order valence-electron chi connectivity index (χ4n) is 1.94. The maximum Gasteiger partial charge on any atom is 0.342 e. The van der Waals surface area contributed by atoms with Crippen molar-refractivity contribution in [1.82, 2.24) is 0 Å². The van der Waals surface area contributed by atoms with Crippen LogP contribution in [-0.4, -0.2) is 18.0 Å². The van der Waals surface area contributed by atoms with E-state index in [0.717, 1.165) is 0 Å². The van der Waals surface area contributed by atoms with Gasteiger partial charge in [-0.1, -0.05) is 23.2 Å². The van der Waals surface area contributed by atoms with Crippen LogP contribution in [-0.2, 0) is 9.53 Å². The minimum Gasteiger partial charge on any atom is -0.466 e. The molecule has 0 fully saturated rings. The number of halogens is 2. The first kappa shape index (κ1) is 17.4. The van der Waals surface area contributed by atoms with Gasteiger partial charge in [0, 0.05) is 5.02 Å². The smallest absolute Gasteiger partial charge is 0.342 e. The predicted molar refractivity (Wildman–Crippen MR) is 88.2 cm³/mol. The van der Waals surface area contributed by atoms with E-state index in [2.05, 4.69) is 5.32 Å². The highest BCUT2D eigenvalue weighted by Gasteiger charge is 2.22. The lowest BCUT2D eigenvalue weighted by Crippen LogP contribution is -2.30. The lowest BCUT2D eigenvalue weighted by Gasteiger charge is -2.14. The Kier molecular flexibility index (Phi) is 5.34. The average Bonchev–Trinajstić information content (AvgIpc) is 2.80. The molecule has 1 amide bonds. The first-order valence-electron chi connectivity index (χ1n) is 6.82. The van der Waals surface area contributed by atoms with E-state index in [4.69, 9.17) is 32.4 Å². The first-order valence-corrected chi connectivity index (χ1v) is 7.57. The molecule has 1 N–H and O–H groups in total. The molecule has 0 aliphatic heterocycles. The van der Waals surface area contributed by atoms with Gasteiger partial charge in [0.25, 0.3) is 5.91 Å². The summed E-state index contributed by atoms with van der Waals surface area (Å²) in [6.07, 6.45) is -0.996. The van der Waals surface area contributed by atoms with Gasteiger partial charge in [-0.05, 0) is 45.0 Å². The van der Waals surface area contributed by atoms with E-state index in [1.54, 1.807) is 32.0 Å². The fourth-order valence-corrected chi connectivity index (χ4v) is 2.39. The Morgan fingerprint density at radius 3 is 2.48 bits per heavy atom. The highest BCUT2D eigenvalue weighted by atomic mass is 35.5. The Labute approximate surface area is 143 Å². The van der Waals surface area contributed by atoms with Crippen LogP contribution in [0.25, 0.3) is 0 Å². The van der Waals surface area contributed by atoms with Crippen molar-refractivity contribution in [2.75, 3.05) is 5.32 Å². The van der Waals surface area contributed by atoms with Crippen molar-refractivity contribution in [1.29, 1.82) is 0 Å². The highest BCUT2D eigenvalue weighted by molar-refractivity contribution is 6.36. The number of rotatable bonds is 4. The molecule has 1 aromatic heterocycles. The van der Waals surface area contributed by atoms with Gasteiger partial charge >= 0.3 is 5.97 Å². The van der Waals surface area contributed by atoms with Crippen LogP contribution >= 0.6 is 23.2 Å². The van der Waals surface area contributed by atoms with E-state index in [1.807, 2.05) is 0 Å². The highest BCUT2D eigenvalue weighted by Crippen LogP contribution is 2.25. The molecule has 2 rings (SSSR count). The number of hydrogen-bond acceptors (Lipinski definition) is 4. The van der Waals surface area contributed by atoms with Crippen LogP contribution in [0, 0.1) is 13.8 Å². The Morgan fingerprint density at radius 1 is 1.22 bits per heavy atom. The zero-order valence-corrected chi connectivity index (χ0v) is 14.3. The summed E-state index contributed by atoms with van der Waals surface area (Å²) < 4.78 is 10.4. The van der Waals surface area contributed by atoms with Crippen LogP contribution in [0.4, 0.5) is 5.69 Å². The molecule has 1 atom stereocenters.